The van der Waals surface area contributed by atoms with Crippen LogP contribution in [-0.4, -0.2) is 40.1 Å². The molecule has 0 spiro atoms. The molecule has 2 aromatic rings. The van der Waals surface area contributed by atoms with Gasteiger partial charge in [-0.25, -0.2) is 0 Å². The summed E-state index contributed by atoms with van der Waals surface area (Å²) < 4.78 is 12.6. The van der Waals surface area contributed by atoms with Crippen LogP contribution < -0.4 is 9.47 Å². The van der Waals surface area contributed by atoms with Crippen molar-refractivity contribution in [2.45, 2.75) is 82.9 Å². The molecule has 1 aliphatic heterocycles. The Balaban J connectivity index is 1.37. The molecule has 8 nitrogen and oxygen atoms in total. The Hall–Kier alpha value is -2.60. The number of non-ortho nitro benzene ring substituents is 1. The number of amidine groups is 1. The fourth-order valence-corrected chi connectivity index (χ4v) is 7.48. The lowest BCUT2D eigenvalue weighted by Gasteiger charge is -2.31. The number of ether oxygens (including phenoxy) is 2. The molecule has 40 heavy (non-hydrogen) atoms. The molecule has 0 radical (unpaired) electrons. The molecule has 10 heteroatoms. The number of rotatable bonds is 8. The van der Waals surface area contributed by atoms with E-state index in [0.29, 0.717) is 22.4 Å². The number of thioether (sulfide) groups is 1. The average Bonchev–Trinajstić information content (AvgIpc) is 3.27. The monoisotopic (exact) mass is 675 g/mol. The first-order valence-corrected chi connectivity index (χ1v) is 15.9. The summed E-state index contributed by atoms with van der Waals surface area (Å²) in [6.07, 6.45) is 13.5. The number of nitrogens with zero attached hydrogens (tertiary/aromatic N) is 3. The van der Waals surface area contributed by atoms with Gasteiger partial charge < -0.3 is 9.47 Å². The van der Waals surface area contributed by atoms with Gasteiger partial charge in [-0.1, -0.05) is 38.5 Å². The lowest BCUT2D eigenvalue weighted by Crippen LogP contribution is -2.41. The normalized spacial score (nSPS) is 20.9. The van der Waals surface area contributed by atoms with Gasteiger partial charge in [-0.2, -0.15) is 0 Å². The van der Waals surface area contributed by atoms with E-state index in [-0.39, 0.29) is 24.2 Å². The van der Waals surface area contributed by atoms with E-state index in [2.05, 4.69) is 22.6 Å². The number of nitro benzene ring substituents is 1. The molecule has 1 amide bonds. The van der Waals surface area contributed by atoms with Crippen LogP contribution in [-0.2, 0) is 11.4 Å². The highest BCUT2D eigenvalue weighted by molar-refractivity contribution is 14.1. The van der Waals surface area contributed by atoms with Crippen LogP contribution in [0.2, 0.25) is 0 Å². The zero-order chi connectivity index (χ0) is 28.1. The maximum Gasteiger partial charge on any atom is 0.269 e. The van der Waals surface area contributed by atoms with Gasteiger partial charge in [0.25, 0.3) is 11.6 Å². The Morgan fingerprint density at radius 1 is 1.07 bits per heavy atom. The number of benzene rings is 2. The molecular formula is C30H34IN3O5S. The van der Waals surface area contributed by atoms with E-state index in [1.807, 2.05) is 23.1 Å². The second kappa shape index (κ2) is 13.4. The Labute approximate surface area is 252 Å². The van der Waals surface area contributed by atoms with Crippen LogP contribution in [0.25, 0.3) is 6.08 Å². The predicted molar refractivity (Wildman–Crippen MR) is 167 cm³/mol. The predicted octanol–water partition coefficient (Wildman–Crippen LogP) is 7.72. The molecule has 1 saturated heterocycles. The first-order valence-electron chi connectivity index (χ1n) is 14.0. The van der Waals surface area contributed by atoms with Crippen LogP contribution >= 0.6 is 34.4 Å². The Morgan fingerprint density at radius 3 is 2.40 bits per heavy atom. The minimum Gasteiger partial charge on any atom is -0.493 e. The van der Waals surface area contributed by atoms with Crippen molar-refractivity contribution in [1.29, 1.82) is 0 Å². The molecule has 2 saturated carbocycles. The van der Waals surface area contributed by atoms with Gasteiger partial charge in [-0.15, -0.1) is 0 Å². The largest absolute Gasteiger partial charge is 0.493 e. The molecule has 2 aliphatic carbocycles. The number of amides is 1. The number of halogens is 1. The van der Waals surface area contributed by atoms with Gasteiger partial charge >= 0.3 is 0 Å². The van der Waals surface area contributed by atoms with Gasteiger partial charge in [0.05, 0.1) is 26.6 Å². The van der Waals surface area contributed by atoms with Crippen molar-refractivity contribution in [3.05, 3.63) is 66.1 Å². The molecule has 2 aromatic carbocycles. The summed E-state index contributed by atoms with van der Waals surface area (Å²) in [5.74, 6) is 1.22. The van der Waals surface area contributed by atoms with Gasteiger partial charge in [0, 0.05) is 18.2 Å². The van der Waals surface area contributed by atoms with Crippen molar-refractivity contribution in [3.8, 4) is 11.5 Å². The van der Waals surface area contributed by atoms with Crippen molar-refractivity contribution in [3.63, 3.8) is 0 Å². The van der Waals surface area contributed by atoms with E-state index < -0.39 is 4.92 Å². The van der Waals surface area contributed by atoms with Crippen molar-refractivity contribution in [2.75, 3.05) is 7.11 Å². The lowest BCUT2D eigenvalue weighted by molar-refractivity contribution is -0.384. The number of hydrogen-bond donors (Lipinski definition) is 0. The zero-order valence-electron chi connectivity index (χ0n) is 22.6. The van der Waals surface area contributed by atoms with Crippen molar-refractivity contribution in [2.24, 2.45) is 4.99 Å². The highest BCUT2D eigenvalue weighted by Gasteiger charge is 2.39. The summed E-state index contributed by atoms with van der Waals surface area (Å²) in [5, 5.41) is 11.8. The van der Waals surface area contributed by atoms with E-state index in [1.54, 1.807) is 19.2 Å². The summed E-state index contributed by atoms with van der Waals surface area (Å²) in [6.45, 7) is 0.246. The Bertz CT molecular complexity index is 1300. The van der Waals surface area contributed by atoms with E-state index in [4.69, 9.17) is 14.5 Å². The summed E-state index contributed by atoms with van der Waals surface area (Å²) in [5.41, 5.74) is 1.72. The number of aliphatic imine (C=N–C) groups is 1. The van der Waals surface area contributed by atoms with Crippen molar-refractivity contribution < 1.29 is 19.2 Å². The van der Waals surface area contributed by atoms with E-state index in [1.165, 1.54) is 49.6 Å². The van der Waals surface area contributed by atoms with Crippen LogP contribution in [0.1, 0.15) is 75.3 Å². The van der Waals surface area contributed by atoms with Gasteiger partial charge in [0.1, 0.15) is 6.61 Å². The summed E-state index contributed by atoms with van der Waals surface area (Å²) in [4.78, 5) is 32.1. The molecule has 0 unspecified atom stereocenters. The average molecular weight is 676 g/mol. The molecule has 3 fully saturated rings. The Kier molecular flexibility index (Phi) is 9.67. The van der Waals surface area contributed by atoms with Crippen LogP contribution in [0.4, 0.5) is 5.69 Å². The highest BCUT2D eigenvalue weighted by atomic mass is 127. The third-order valence-corrected chi connectivity index (χ3v) is 9.52. The highest BCUT2D eigenvalue weighted by Crippen LogP contribution is 2.40. The first kappa shape index (κ1) is 28.9. The maximum absolute atomic E-state index is 13.7. The van der Waals surface area contributed by atoms with Crippen LogP contribution in [0, 0.1) is 13.7 Å². The fraction of sp³-hybridized carbons (Fsp3) is 0.467. The number of carbonyl (C=O) groups is 1. The van der Waals surface area contributed by atoms with E-state index in [9.17, 15) is 14.9 Å². The fourth-order valence-electron chi connectivity index (χ4n) is 5.59. The third kappa shape index (κ3) is 6.82. The lowest BCUT2D eigenvalue weighted by atomic mass is 9.94. The molecule has 5 rings (SSSR count). The summed E-state index contributed by atoms with van der Waals surface area (Å²) in [6, 6.07) is 10.7. The number of methoxy groups -OCH3 is 1. The molecule has 0 bridgehead atoms. The standard InChI is InChI=1S/C30H34IN3O5S/c1-38-26-17-21(16-25(31)28(26)39-19-20-12-14-24(15-13-20)34(36)37)18-27-29(35)33(23-10-6-3-7-11-23)30(40-27)32-22-8-4-2-5-9-22/h12-18,22-23H,2-11,19H2,1H3. The van der Waals surface area contributed by atoms with Gasteiger partial charge in [-0.05, 0) is 102 Å². The van der Waals surface area contributed by atoms with Gasteiger partial charge in [0.15, 0.2) is 16.7 Å². The van der Waals surface area contributed by atoms with Crippen LogP contribution in [0.3, 0.4) is 0 Å². The maximum atomic E-state index is 13.7. The molecule has 0 atom stereocenters. The third-order valence-electron chi connectivity index (χ3n) is 7.72. The molecule has 0 N–H and O–H groups in total. The van der Waals surface area contributed by atoms with Gasteiger partial charge in [-0.3, -0.25) is 24.8 Å². The topological polar surface area (TPSA) is 94.3 Å². The molecule has 3 aliphatic rings. The van der Waals surface area contributed by atoms with E-state index in [0.717, 1.165) is 58.4 Å². The summed E-state index contributed by atoms with van der Waals surface area (Å²) >= 11 is 3.72. The van der Waals surface area contributed by atoms with Gasteiger partial charge in [0.2, 0.25) is 0 Å². The quantitative estimate of drug-likeness (QED) is 0.123. The second-order valence-corrected chi connectivity index (χ2v) is 12.7. The van der Waals surface area contributed by atoms with E-state index >= 15 is 0 Å². The van der Waals surface area contributed by atoms with Crippen molar-refractivity contribution in [1.82, 2.24) is 4.90 Å². The molecular weight excluding hydrogens is 641 g/mol. The summed E-state index contributed by atoms with van der Waals surface area (Å²) in [7, 11) is 1.59. The Morgan fingerprint density at radius 2 is 1.75 bits per heavy atom. The number of hydrogen-bond acceptors (Lipinski definition) is 7. The minimum atomic E-state index is -0.420. The second-order valence-electron chi connectivity index (χ2n) is 10.5. The molecule has 1 heterocycles. The van der Waals surface area contributed by atoms with Crippen molar-refractivity contribution >= 4 is 57.2 Å². The number of carbonyl (C=O) groups excluding carboxylic acids is 1. The van der Waals surface area contributed by atoms with Crippen LogP contribution in [0.5, 0.6) is 11.5 Å². The smallest absolute Gasteiger partial charge is 0.269 e. The first-order chi connectivity index (χ1) is 19.4. The van der Waals surface area contributed by atoms with Crippen LogP contribution in [0.15, 0.2) is 46.3 Å². The molecule has 212 valence electrons. The number of nitro groups is 1. The molecule has 0 aromatic heterocycles. The minimum absolute atomic E-state index is 0.0432. The zero-order valence-corrected chi connectivity index (χ0v) is 25.6. The SMILES string of the molecule is COc1cc(C=C2SC(=NC3CCCCC3)N(C3CCCCC3)C2=O)cc(I)c1OCc1ccc([N+](=O)[O-])cc1.